The van der Waals surface area contributed by atoms with Crippen LogP contribution in [0.5, 0.6) is 0 Å². The van der Waals surface area contributed by atoms with Crippen molar-refractivity contribution in [2.45, 2.75) is 44.3 Å². The fourth-order valence-corrected chi connectivity index (χ4v) is 7.21. The predicted molar refractivity (Wildman–Crippen MR) is 153 cm³/mol. The van der Waals surface area contributed by atoms with Crippen molar-refractivity contribution in [1.29, 1.82) is 0 Å². The molecular formula is C27H34N4O5S2. The van der Waals surface area contributed by atoms with Crippen LogP contribution in [0, 0.1) is 0 Å². The molecule has 0 saturated carbocycles. The molecule has 3 rings (SSSR count). The van der Waals surface area contributed by atoms with E-state index in [-0.39, 0.29) is 17.4 Å². The van der Waals surface area contributed by atoms with Gasteiger partial charge in [-0.15, -0.1) is 6.58 Å². The average molecular weight is 559 g/mol. The highest BCUT2D eigenvalue weighted by Gasteiger charge is 2.29. The van der Waals surface area contributed by atoms with Crippen LogP contribution in [0.4, 0.5) is 4.79 Å². The fourth-order valence-electron chi connectivity index (χ4n) is 3.83. The molecule has 1 unspecified atom stereocenters. The van der Waals surface area contributed by atoms with E-state index in [1.807, 2.05) is 40.3 Å². The highest BCUT2D eigenvalue weighted by Crippen LogP contribution is 2.35. The summed E-state index contributed by atoms with van der Waals surface area (Å²) in [7, 11) is -4.70. The number of hydrogen-bond donors (Lipinski definition) is 2. The number of rotatable bonds is 12. The summed E-state index contributed by atoms with van der Waals surface area (Å²) in [6.45, 7) is 10.4. The second-order valence-electron chi connectivity index (χ2n) is 8.47. The number of benzene rings is 2. The van der Waals surface area contributed by atoms with Crippen molar-refractivity contribution in [1.82, 2.24) is 14.5 Å². The van der Waals surface area contributed by atoms with Gasteiger partial charge in [0.1, 0.15) is 4.86 Å². The third kappa shape index (κ3) is 7.11. The van der Waals surface area contributed by atoms with Crippen molar-refractivity contribution in [3.63, 3.8) is 0 Å². The molecular weight excluding hydrogens is 524 g/mol. The molecule has 38 heavy (non-hydrogen) atoms. The van der Waals surface area contributed by atoms with Gasteiger partial charge in [0.2, 0.25) is 0 Å². The van der Waals surface area contributed by atoms with Gasteiger partial charge < -0.3 is 10.1 Å². The molecule has 0 saturated heterocycles. The maximum atomic E-state index is 12.9. The van der Waals surface area contributed by atoms with E-state index < -0.39 is 26.7 Å². The number of hydrogen-bond acceptors (Lipinski definition) is 7. The molecule has 0 fully saturated rings. The molecule has 2 N–H and O–H groups in total. The number of urea groups is 1. The lowest BCUT2D eigenvalue weighted by Crippen LogP contribution is -2.39. The van der Waals surface area contributed by atoms with Gasteiger partial charge in [0.05, 0.1) is 17.2 Å². The van der Waals surface area contributed by atoms with Crippen LogP contribution >= 0.6 is 10.7 Å². The van der Waals surface area contributed by atoms with Crippen LogP contribution < -0.4 is 10.0 Å². The Hall–Kier alpha value is -3.44. The molecule has 204 valence electrons. The summed E-state index contributed by atoms with van der Waals surface area (Å²) in [6.07, 6.45) is 3.43. The number of carbonyl (C=O) groups is 2. The number of unbranched alkanes of at least 4 members (excludes halogenated alkanes) is 1. The van der Waals surface area contributed by atoms with Gasteiger partial charge >= 0.3 is 12.0 Å². The molecule has 9 nitrogen and oxygen atoms in total. The van der Waals surface area contributed by atoms with Gasteiger partial charge in [-0.3, -0.25) is 0 Å². The first-order chi connectivity index (χ1) is 18.2. The van der Waals surface area contributed by atoms with Crippen LogP contribution in [0.1, 0.15) is 39.2 Å². The summed E-state index contributed by atoms with van der Waals surface area (Å²) in [5, 5.41) is 7.05. The Bertz CT molecular complexity index is 1350. The van der Waals surface area contributed by atoms with Gasteiger partial charge in [-0.2, -0.15) is 5.10 Å². The summed E-state index contributed by atoms with van der Waals surface area (Å²) in [5.41, 5.74) is 2.81. The van der Waals surface area contributed by atoms with Gasteiger partial charge in [0, 0.05) is 24.4 Å². The lowest BCUT2D eigenvalue weighted by Gasteiger charge is -2.20. The molecule has 0 aromatic heterocycles. The summed E-state index contributed by atoms with van der Waals surface area (Å²) in [6, 6.07) is 13.2. The third-order valence-corrected chi connectivity index (χ3v) is 9.33. The largest absolute Gasteiger partial charge is 0.462 e. The van der Waals surface area contributed by atoms with E-state index in [9.17, 15) is 18.0 Å². The minimum atomic E-state index is -4.11. The Morgan fingerprint density at radius 2 is 1.84 bits per heavy atom. The topological polar surface area (TPSA) is 117 Å². The Morgan fingerprint density at radius 1 is 1.13 bits per heavy atom. The van der Waals surface area contributed by atoms with Crippen LogP contribution in [-0.2, 0) is 25.3 Å². The monoisotopic (exact) mass is 558 g/mol. The molecule has 1 heterocycles. The van der Waals surface area contributed by atoms with Gasteiger partial charge in [-0.25, -0.2) is 27.1 Å². The van der Waals surface area contributed by atoms with E-state index in [2.05, 4.69) is 23.9 Å². The molecule has 0 bridgehead atoms. The van der Waals surface area contributed by atoms with E-state index in [0.717, 1.165) is 24.9 Å². The summed E-state index contributed by atoms with van der Waals surface area (Å²) in [5.74, 6) is 0.237. The smallest absolute Gasteiger partial charge is 0.347 e. The molecule has 1 aliphatic heterocycles. The molecule has 11 heteroatoms. The van der Waals surface area contributed by atoms with Gasteiger partial charge in [0.25, 0.3) is 10.0 Å². The predicted octanol–water partition coefficient (Wildman–Crippen LogP) is 4.44. The number of carbonyl (C=O) groups excluding carboxylic acids is 2. The molecule has 2 amide bonds. The lowest BCUT2D eigenvalue weighted by molar-refractivity contribution is -0.134. The molecule has 1 atom stereocenters. The quantitative estimate of drug-likeness (QED) is 0.226. The van der Waals surface area contributed by atoms with Crippen LogP contribution in [-0.4, -0.2) is 55.1 Å². The molecule has 1 aliphatic rings. The average Bonchev–Trinajstić information content (AvgIpc) is 3.20. The van der Waals surface area contributed by atoms with Crippen molar-refractivity contribution in [3.8, 4) is 11.1 Å². The van der Waals surface area contributed by atoms with E-state index in [1.54, 1.807) is 25.1 Å². The van der Waals surface area contributed by atoms with Gasteiger partial charge in [-0.1, -0.05) is 72.6 Å². The van der Waals surface area contributed by atoms with Crippen LogP contribution in [0.15, 0.2) is 71.2 Å². The van der Waals surface area contributed by atoms with Crippen LogP contribution in [0.2, 0.25) is 0 Å². The van der Waals surface area contributed by atoms with Crippen LogP contribution in [0.3, 0.4) is 0 Å². The Labute approximate surface area is 227 Å². The number of amides is 2. The Balaban J connectivity index is 1.89. The summed E-state index contributed by atoms with van der Waals surface area (Å²) in [4.78, 5) is 25.3. The maximum absolute atomic E-state index is 12.9. The number of ether oxygens (including phenoxy) is 1. The Kier molecular flexibility index (Phi) is 10.3. The van der Waals surface area contributed by atoms with E-state index in [1.165, 1.54) is 12.1 Å². The van der Waals surface area contributed by atoms with Crippen molar-refractivity contribution in [2.75, 3.05) is 19.7 Å². The van der Waals surface area contributed by atoms with Gasteiger partial charge in [-0.05, 0) is 37.5 Å². The minimum absolute atomic E-state index is 0.00753. The van der Waals surface area contributed by atoms with Crippen molar-refractivity contribution in [2.24, 2.45) is 5.10 Å². The van der Waals surface area contributed by atoms with Crippen LogP contribution in [0.25, 0.3) is 11.1 Å². The first-order valence-corrected chi connectivity index (χ1v) is 15.2. The normalized spacial score (nSPS) is 15.1. The number of esters is 1. The van der Waals surface area contributed by atoms with E-state index in [4.69, 9.17) is 4.74 Å². The minimum Gasteiger partial charge on any atom is -0.462 e. The molecule has 2 aromatic carbocycles. The molecule has 2 aromatic rings. The molecule has 0 spiro atoms. The maximum Gasteiger partial charge on any atom is 0.347 e. The highest BCUT2D eigenvalue weighted by atomic mass is 32.2. The summed E-state index contributed by atoms with van der Waals surface area (Å²) < 4.78 is 35.2. The Morgan fingerprint density at radius 3 is 2.50 bits per heavy atom. The summed E-state index contributed by atoms with van der Waals surface area (Å²) >= 11 is 0. The van der Waals surface area contributed by atoms with Crippen molar-refractivity contribution < 1.29 is 22.7 Å². The zero-order valence-electron chi connectivity index (χ0n) is 21.9. The fraction of sp³-hybridized carbons (Fsp3) is 0.333. The molecule has 0 radical (unpaired) electrons. The third-order valence-electron chi connectivity index (χ3n) is 5.62. The highest BCUT2D eigenvalue weighted by molar-refractivity contribution is 8.15. The zero-order chi connectivity index (χ0) is 27.7. The van der Waals surface area contributed by atoms with Crippen molar-refractivity contribution in [3.05, 3.63) is 66.7 Å². The first kappa shape index (κ1) is 29.1. The van der Waals surface area contributed by atoms with Crippen molar-refractivity contribution >= 4 is 43.3 Å². The number of hydrazone groups is 1. The van der Waals surface area contributed by atoms with E-state index >= 15 is 0 Å². The second kappa shape index (κ2) is 13.4. The van der Waals surface area contributed by atoms with Gasteiger partial charge in [0.15, 0.2) is 0 Å². The molecule has 0 aliphatic carbocycles. The first-order valence-electron chi connectivity index (χ1n) is 12.4. The second-order valence-corrected chi connectivity index (χ2v) is 12.0. The number of sulfonamides is 1. The zero-order valence-corrected chi connectivity index (χ0v) is 23.5. The lowest BCUT2D eigenvalue weighted by atomic mass is 10.0. The number of nitrogens with one attached hydrogen (secondary N) is 2. The SMILES string of the molecule is C=CCNC(=O)NS(=O)(=O)c1ccccc1-c1ccc(CS2=C(C(=O)OCC)C(C)=NN2CCCC)cc1. The van der Waals surface area contributed by atoms with E-state index in [0.29, 0.717) is 34.1 Å². The standard InChI is InChI=1S/C27H34N4O5S2/c1-5-8-18-31-29-20(4)25(26(32)36-7-3)37(31)19-21-13-15-22(16-14-21)23-11-9-10-12-24(23)38(34,35)30-27(33)28-17-6-2/h6,9-16H,2,5,7-8,17-19H2,1,3-4H3,(H2,28,30,33). The number of nitrogens with zero attached hydrogens (tertiary/aromatic N) is 2.